The number of quaternary nitrogens is 1. The van der Waals surface area contributed by atoms with E-state index in [1.165, 1.54) is 70.6 Å². The Hall–Kier alpha value is -2.74. The zero-order valence-corrected chi connectivity index (χ0v) is 37.6. The van der Waals surface area contributed by atoms with E-state index < -0.39 is 19.9 Å². The summed E-state index contributed by atoms with van der Waals surface area (Å²) in [7, 11) is 1.26. The number of nitrogens with zero attached hydrogens (tertiary/aromatic N) is 1. The van der Waals surface area contributed by atoms with E-state index in [0.717, 1.165) is 51.4 Å². The van der Waals surface area contributed by atoms with Gasteiger partial charge in [0.1, 0.15) is 19.8 Å². The van der Waals surface area contributed by atoms with Crippen LogP contribution >= 0.6 is 7.82 Å². The average Bonchev–Trinajstić information content (AvgIpc) is 3.16. The Kier molecular flexibility index (Phi) is 38.1. The Bertz CT molecular complexity index is 1230. The fraction of sp³-hybridized carbons (Fsp3) is 0.646. The molecule has 57 heavy (non-hydrogen) atoms. The van der Waals surface area contributed by atoms with E-state index in [2.05, 4.69) is 86.8 Å². The topological polar surface area (TPSA) is 94.1 Å². The van der Waals surface area contributed by atoms with Crippen molar-refractivity contribution < 1.29 is 37.3 Å². The number of unbranched alkanes of at least 4 members (excludes halogenated alkanes) is 11. The fourth-order valence-electron chi connectivity index (χ4n) is 5.30. The Labute approximate surface area is 349 Å². The molecule has 0 heterocycles. The van der Waals surface area contributed by atoms with Gasteiger partial charge < -0.3 is 27.9 Å². The number of hydrogen-bond acceptors (Lipinski definition) is 7. The molecule has 0 amide bonds. The summed E-state index contributed by atoms with van der Waals surface area (Å²) in [5, 5.41) is 0. The Morgan fingerprint density at radius 2 is 1.04 bits per heavy atom. The minimum Gasteiger partial charge on any atom is -0.756 e. The summed E-state index contributed by atoms with van der Waals surface area (Å²) in [6.45, 7) is 4.49. The van der Waals surface area contributed by atoms with Crippen LogP contribution in [0.2, 0.25) is 0 Å². The van der Waals surface area contributed by atoms with Crippen LogP contribution in [-0.2, 0) is 27.9 Å². The molecule has 0 aromatic heterocycles. The summed E-state index contributed by atoms with van der Waals surface area (Å²) < 4.78 is 34.2. The van der Waals surface area contributed by atoms with Crippen molar-refractivity contribution in [3.05, 3.63) is 97.4 Å². The van der Waals surface area contributed by atoms with E-state index in [1.807, 2.05) is 39.4 Å². The number of rotatable bonds is 39. The largest absolute Gasteiger partial charge is 0.756 e. The number of phosphoric acid groups is 1. The lowest BCUT2D eigenvalue weighted by molar-refractivity contribution is -0.870. The summed E-state index contributed by atoms with van der Waals surface area (Å²) in [6, 6.07) is 0. The van der Waals surface area contributed by atoms with Crippen LogP contribution in [0.3, 0.4) is 0 Å². The molecule has 0 saturated heterocycles. The lowest BCUT2D eigenvalue weighted by Crippen LogP contribution is -2.37. The highest BCUT2D eigenvalue weighted by Gasteiger charge is 2.20. The fourth-order valence-corrected chi connectivity index (χ4v) is 6.02. The van der Waals surface area contributed by atoms with Gasteiger partial charge >= 0.3 is 5.97 Å². The molecule has 0 aromatic rings. The molecule has 0 bridgehead atoms. The van der Waals surface area contributed by atoms with Crippen LogP contribution in [0.4, 0.5) is 0 Å². The number of allylic oxidation sites excluding steroid dienone is 15. The first kappa shape index (κ1) is 54.3. The van der Waals surface area contributed by atoms with Crippen molar-refractivity contribution in [2.75, 3.05) is 47.5 Å². The molecule has 326 valence electrons. The summed E-state index contributed by atoms with van der Waals surface area (Å²) in [5.74, 6) is -0.444. The van der Waals surface area contributed by atoms with E-state index in [-0.39, 0.29) is 26.2 Å². The van der Waals surface area contributed by atoms with Crippen molar-refractivity contribution in [2.45, 2.75) is 155 Å². The monoisotopic (exact) mass is 816 g/mol. The van der Waals surface area contributed by atoms with E-state index in [9.17, 15) is 14.3 Å². The third-order valence-corrected chi connectivity index (χ3v) is 9.66. The number of likely N-dealkylation sites (N-methyl/N-ethyl adjacent to an activating group) is 1. The first-order chi connectivity index (χ1) is 27.6. The van der Waals surface area contributed by atoms with Crippen molar-refractivity contribution in [3.8, 4) is 0 Å². The van der Waals surface area contributed by atoms with Crippen LogP contribution in [0.15, 0.2) is 97.4 Å². The molecule has 8 nitrogen and oxygen atoms in total. The molecule has 0 aliphatic carbocycles. The molecule has 1 unspecified atom stereocenters. The molecule has 9 heteroatoms. The summed E-state index contributed by atoms with van der Waals surface area (Å²) in [6.07, 6.45) is 55.3. The quantitative estimate of drug-likeness (QED) is 0.0152. The third kappa shape index (κ3) is 44.2. The SMILES string of the molecule is CC/C=C\C/C=C\C/C=C\C/C=C\C/C=C\C/C=C\CCC(=O)O[C@H](CO/C=C\CCCCCCCC/C=C\CCCCCC)COP(=O)([O-])OCC[N+](C)(C)C. The molecule has 2 atom stereocenters. The standard InChI is InChI=1S/C48H82NO7P/c1-6-8-10-12-14-16-18-20-22-24-25-26-27-29-31-33-35-37-39-41-48(50)56-47(46-55-57(51,52)54-44-42-49(3,4)5)45-53-43-40-38-36-34-32-30-28-23-21-19-17-15-13-11-9-7-2/h8,10,14,16-17,19-20,22,25-26,29,31,35,37,40,43,47H,6-7,9,11-13,15,18,21,23-24,27-28,30,32-34,36,38-39,41-42,44-46H2,1-5H3/b10-8-,16-14-,19-17-,22-20-,26-25-,31-29-,37-35-,43-40-/t47-/m1/s1. The molecule has 0 aliphatic heterocycles. The van der Waals surface area contributed by atoms with Crippen molar-refractivity contribution in [1.29, 1.82) is 0 Å². The predicted molar refractivity (Wildman–Crippen MR) is 240 cm³/mol. The normalized spacial score (nSPS) is 14.6. The van der Waals surface area contributed by atoms with E-state index in [4.69, 9.17) is 18.5 Å². The van der Waals surface area contributed by atoms with Crippen LogP contribution in [0.25, 0.3) is 0 Å². The zero-order valence-electron chi connectivity index (χ0n) is 36.7. The number of ether oxygens (including phenoxy) is 2. The van der Waals surface area contributed by atoms with Crippen molar-refractivity contribution in [3.63, 3.8) is 0 Å². The molecular weight excluding hydrogens is 734 g/mol. The van der Waals surface area contributed by atoms with Gasteiger partial charge in [0.05, 0.1) is 34.0 Å². The van der Waals surface area contributed by atoms with Gasteiger partial charge in [0, 0.05) is 6.42 Å². The lowest BCUT2D eigenvalue weighted by atomic mass is 10.1. The minimum absolute atomic E-state index is 0.00345. The van der Waals surface area contributed by atoms with Crippen LogP contribution in [0.5, 0.6) is 0 Å². The Balaban J connectivity index is 4.46. The highest BCUT2D eigenvalue weighted by atomic mass is 31.2. The first-order valence-electron chi connectivity index (χ1n) is 22.0. The molecular formula is C48H82NO7P. The van der Waals surface area contributed by atoms with Gasteiger partial charge in [-0.15, -0.1) is 0 Å². The van der Waals surface area contributed by atoms with Crippen LogP contribution in [-0.4, -0.2) is 64.1 Å². The predicted octanol–water partition coefficient (Wildman–Crippen LogP) is 12.8. The molecule has 0 aliphatic rings. The highest BCUT2D eigenvalue weighted by Crippen LogP contribution is 2.38. The van der Waals surface area contributed by atoms with Gasteiger partial charge in [-0.3, -0.25) is 9.36 Å². The van der Waals surface area contributed by atoms with Crippen LogP contribution in [0.1, 0.15) is 149 Å². The van der Waals surface area contributed by atoms with Crippen molar-refractivity contribution >= 4 is 13.8 Å². The molecule has 0 aromatic carbocycles. The number of esters is 1. The molecule has 0 rings (SSSR count). The molecule has 0 saturated carbocycles. The summed E-state index contributed by atoms with van der Waals surface area (Å²) >= 11 is 0. The maximum atomic E-state index is 12.6. The van der Waals surface area contributed by atoms with E-state index >= 15 is 0 Å². The second-order valence-corrected chi connectivity index (χ2v) is 16.8. The molecule has 0 N–H and O–H groups in total. The zero-order chi connectivity index (χ0) is 42.0. The number of carbonyl (C=O) groups is 1. The number of hydrogen-bond donors (Lipinski definition) is 0. The van der Waals surface area contributed by atoms with E-state index in [0.29, 0.717) is 17.4 Å². The van der Waals surface area contributed by atoms with Gasteiger partial charge in [-0.2, -0.15) is 0 Å². The maximum Gasteiger partial charge on any atom is 0.306 e. The third-order valence-electron chi connectivity index (χ3n) is 8.70. The second-order valence-electron chi connectivity index (χ2n) is 15.4. The Morgan fingerprint density at radius 3 is 1.54 bits per heavy atom. The van der Waals surface area contributed by atoms with Gasteiger partial charge in [0.15, 0.2) is 6.10 Å². The van der Waals surface area contributed by atoms with Gasteiger partial charge in [-0.25, -0.2) is 0 Å². The van der Waals surface area contributed by atoms with Gasteiger partial charge in [0.25, 0.3) is 7.82 Å². The van der Waals surface area contributed by atoms with E-state index in [1.54, 1.807) is 6.26 Å². The lowest BCUT2D eigenvalue weighted by Gasteiger charge is -2.28. The van der Waals surface area contributed by atoms with Crippen LogP contribution in [0, 0.1) is 0 Å². The Morgan fingerprint density at radius 1 is 0.579 bits per heavy atom. The minimum atomic E-state index is -4.57. The molecule has 0 radical (unpaired) electrons. The second kappa shape index (κ2) is 40.1. The number of carbonyl (C=O) groups excluding carboxylic acids is 1. The van der Waals surface area contributed by atoms with Gasteiger partial charge in [-0.1, -0.05) is 144 Å². The average molecular weight is 816 g/mol. The smallest absolute Gasteiger partial charge is 0.306 e. The van der Waals surface area contributed by atoms with Gasteiger partial charge in [-0.05, 0) is 89.5 Å². The maximum absolute atomic E-state index is 12.6. The molecule has 0 fully saturated rings. The number of phosphoric ester groups is 1. The summed E-state index contributed by atoms with van der Waals surface area (Å²) in [4.78, 5) is 25.0. The summed E-state index contributed by atoms with van der Waals surface area (Å²) in [5.41, 5.74) is 0. The van der Waals surface area contributed by atoms with Crippen molar-refractivity contribution in [1.82, 2.24) is 0 Å². The van der Waals surface area contributed by atoms with Crippen LogP contribution < -0.4 is 4.89 Å². The first-order valence-corrected chi connectivity index (χ1v) is 23.5. The van der Waals surface area contributed by atoms with Gasteiger partial charge in [0.2, 0.25) is 0 Å². The highest BCUT2D eigenvalue weighted by molar-refractivity contribution is 7.45. The van der Waals surface area contributed by atoms with Crippen molar-refractivity contribution in [2.24, 2.45) is 0 Å². The molecule has 0 spiro atoms.